The topological polar surface area (TPSA) is 86.8 Å². The van der Waals surface area contributed by atoms with Gasteiger partial charge in [0.1, 0.15) is 12.1 Å². The van der Waals surface area contributed by atoms with E-state index in [1.54, 1.807) is 19.4 Å². The summed E-state index contributed by atoms with van der Waals surface area (Å²) in [6.45, 7) is 0. The molecule has 0 atom stereocenters. The van der Waals surface area contributed by atoms with Gasteiger partial charge in [-0.3, -0.25) is 0 Å². The molecule has 7 heteroatoms. The van der Waals surface area contributed by atoms with Crippen molar-refractivity contribution in [2.75, 3.05) is 12.8 Å². The van der Waals surface area contributed by atoms with Crippen molar-refractivity contribution in [2.45, 2.75) is 0 Å². The number of hydrogen-bond acceptors (Lipinski definition) is 6. The highest BCUT2D eigenvalue weighted by Gasteiger charge is 2.14. The Labute approximate surface area is 158 Å². The van der Waals surface area contributed by atoms with Gasteiger partial charge in [-0.1, -0.05) is 28.1 Å². The van der Waals surface area contributed by atoms with Crippen molar-refractivity contribution in [2.24, 2.45) is 0 Å². The molecular formula is C19H14BrN5O. The molecule has 0 aliphatic rings. The molecule has 0 unspecified atom stereocenters. The van der Waals surface area contributed by atoms with Gasteiger partial charge in [-0.25, -0.2) is 19.9 Å². The summed E-state index contributed by atoms with van der Waals surface area (Å²) in [7, 11) is 1.58. The smallest absolute Gasteiger partial charge is 0.212 e. The van der Waals surface area contributed by atoms with Gasteiger partial charge >= 0.3 is 0 Å². The van der Waals surface area contributed by atoms with Crippen LogP contribution in [0.4, 0.5) is 5.82 Å². The normalized spacial score (nSPS) is 10.8. The molecule has 0 aliphatic carbocycles. The summed E-state index contributed by atoms with van der Waals surface area (Å²) in [5.41, 5.74) is 10.2. The maximum absolute atomic E-state index is 6.13. The van der Waals surface area contributed by atoms with Gasteiger partial charge in [0.15, 0.2) is 5.65 Å². The Hall–Kier alpha value is -3.06. The summed E-state index contributed by atoms with van der Waals surface area (Å²) in [5.74, 6) is 0.949. The van der Waals surface area contributed by atoms with E-state index < -0.39 is 0 Å². The minimum Gasteiger partial charge on any atom is -0.481 e. The number of ether oxygens (including phenoxy) is 1. The monoisotopic (exact) mass is 407 g/mol. The standard InChI is InChI=1S/C19H14BrN5O/c1-26-16-6-5-12(9-22-16)15-8-14(11-3-2-4-13(20)7-11)17-18(21)23-10-24-19(17)25-15/h2-10H,1H3,(H2,21,23,24,25). The number of benzene rings is 1. The van der Waals surface area contributed by atoms with Crippen molar-refractivity contribution in [3.8, 4) is 28.3 Å². The maximum atomic E-state index is 6.13. The molecule has 0 amide bonds. The zero-order valence-corrected chi connectivity index (χ0v) is 15.4. The Kier molecular flexibility index (Phi) is 4.22. The number of anilines is 1. The summed E-state index contributed by atoms with van der Waals surface area (Å²) in [4.78, 5) is 17.3. The van der Waals surface area contributed by atoms with E-state index in [4.69, 9.17) is 10.5 Å². The Morgan fingerprint density at radius 1 is 1.00 bits per heavy atom. The molecule has 0 fully saturated rings. The van der Waals surface area contributed by atoms with E-state index in [-0.39, 0.29) is 0 Å². The summed E-state index contributed by atoms with van der Waals surface area (Å²) in [6.07, 6.45) is 3.15. The Morgan fingerprint density at radius 2 is 1.88 bits per heavy atom. The number of nitrogens with zero attached hydrogens (tertiary/aromatic N) is 4. The van der Waals surface area contributed by atoms with Crippen LogP contribution in [0.1, 0.15) is 0 Å². The van der Waals surface area contributed by atoms with E-state index >= 15 is 0 Å². The van der Waals surface area contributed by atoms with Crippen LogP contribution < -0.4 is 10.5 Å². The predicted octanol–water partition coefficient (Wildman–Crippen LogP) is 4.11. The predicted molar refractivity (Wildman–Crippen MR) is 105 cm³/mol. The fraction of sp³-hybridized carbons (Fsp3) is 0.0526. The van der Waals surface area contributed by atoms with Crippen LogP contribution in [0.15, 0.2) is 59.5 Å². The lowest BCUT2D eigenvalue weighted by atomic mass is 10.0. The lowest BCUT2D eigenvalue weighted by molar-refractivity contribution is 0.398. The van der Waals surface area contributed by atoms with E-state index in [1.165, 1.54) is 6.33 Å². The zero-order chi connectivity index (χ0) is 18.1. The second kappa shape index (κ2) is 6.68. The van der Waals surface area contributed by atoms with E-state index in [0.717, 1.165) is 32.2 Å². The summed E-state index contributed by atoms with van der Waals surface area (Å²) < 4.78 is 6.10. The molecule has 0 saturated carbocycles. The molecule has 6 nitrogen and oxygen atoms in total. The quantitative estimate of drug-likeness (QED) is 0.549. The van der Waals surface area contributed by atoms with Crippen molar-refractivity contribution in [1.82, 2.24) is 19.9 Å². The second-order valence-electron chi connectivity index (χ2n) is 5.61. The largest absolute Gasteiger partial charge is 0.481 e. The van der Waals surface area contributed by atoms with E-state index in [1.807, 2.05) is 36.4 Å². The number of aromatic nitrogens is 4. The third-order valence-corrected chi connectivity index (χ3v) is 4.50. The number of nitrogen functional groups attached to an aromatic ring is 1. The highest BCUT2D eigenvalue weighted by molar-refractivity contribution is 9.10. The molecule has 0 bridgehead atoms. The number of rotatable bonds is 3. The first-order chi connectivity index (χ1) is 12.7. The summed E-state index contributed by atoms with van der Waals surface area (Å²) in [6, 6.07) is 13.7. The van der Waals surface area contributed by atoms with Crippen LogP contribution in [0.3, 0.4) is 0 Å². The summed E-state index contributed by atoms with van der Waals surface area (Å²) in [5, 5.41) is 0.732. The molecular weight excluding hydrogens is 394 g/mol. The first-order valence-electron chi connectivity index (χ1n) is 7.83. The van der Waals surface area contributed by atoms with Crippen LogP contribution in [0.5, 0.6) is 5.88 Å². The van der Waals surface area contributed by atoms with E-state index in [9.17, 15) is 0 Å². The van der Waals surface area contributed by atoms with Gasteiger partial charge in [0, 0.05) is 22.3 Å². The fourth-order valence-corrected chi connectivity index (χ4v) is 3.17. The lowest BCUT2D eigenvalue weighted by Gasteiger charge is -2.11. The number of pyridine rings is 2. The number of methoxy groups -OCH3 is 1. The van der Waals surface area contributed by atoms with Gasteiger partial charge < -0.3 is 10.5 Å². The molecule has 128 valence electrons. The highest BCUT2D eigenvalue weighted by atomic mass is 79.9. The number of hydrogen-bond donors (Lipinski definition) is 1. The first-order valence-corrected chi connectivity index (χ1v) is 8.62. The van der Waals surface area contributed by atoms with Crippen molar-refractivity contribution < 1.29 is 4.74 Å². The molecule has 2 N–H and O–H groups in total. The van der Waals surface area contributed by atoms with Gasteiger partial charge in [-0.2, -0.15) is 0 Å². The Balaban J connectivity index is 1.98. The van der Waals surface area contributed by atoms with Gasteiger partial charge in [0.2, 0.25) is 5.88 Å². The minimum atomic E-state index is 0.400. The van der Waals surface area contributed by atoms with Crippen LogP contribution in [0.25, 0.3) is 33.4 Å². The Morgan fingerprint density at radius 3 is 2.62 bits per heavy atom. The molecule has 0 saturated heterocycles. The highest BCUT2D eigenvalue weighted by Crippen LogP contribution is 2.34. The van der Waals surface area contributed by atoms with Crippen molar-refractivity contribution in [3.63, 3.8) is 0 Å². The third kappa shape index (κ3) is 2.97. The number of fused-ring (bicyclic) bond motifs is 1. The van der Waals surface area contributed by atoms with Gasteiger partial charge in [0.25, 0.3) is 0 Å². The average Bonchev–Trinajstić information content (AvgIpc) is 2.67. The molecule has 0 spiro atoms. The minimum absolute atomic E-state index is 0.400. The Bertz CT molecular complexity index is 1100. The van der Waals surface area contributed by atoms with E-state index in [0.29, 0.717) is 17.3 Å². The van der Waals surface area contributed by atoms with Crippen LogP contribution in [-0.2, 0) is 0 Å². The van der Waals surface area contributed by atoms with Gasteiger partial charge in [-0.05, 0) is 35.4 Å². The zero-order valence-electron chi connectivity index (χ0n) is 13.8. The molecule has 0 aliphatic heterocycles. The van der Waals surface area contributed by atoms with Crippen LogP contribution >= 0.6 is 15.9 Å². The van der Waals surface area contributed by atoms with Crippen molar-refractivity contribution >= 4 is 32.8 Å². The molecule has 4 rings (SSSR count). The second-order valence-corrected chi connectivity index (χ2v) is 6.53. The lowest BCUT2D eigenvalue weighted by Crippen LogP contribution is -1.99. The van der Waals surface area contributed by atoms with Crippen molar-refractivity contribution in [3.05, 3.63) is 59.5 Å². The molecule has 1 aromatic carbocycles. The molecule has 4 aromatic rings. The number of halogens is 1. The molecule has 3 aromatic heterocycles. The molecule has 26 heavy (non-hydrogen) atoms. The summed E-state index contributed by atoms with van der Waals surface area (Å²) >= 11 is 3.52. The van der Waals surface area contributed by atoms with E-state index in [2.05, 4.69) is 35.9 Å². The maximum Gasteiger partial charge on any atom is 0.212 e. The van der Waals surface area contributed by atoms with Crippen molar-refractivity contribution in [1.29, 1.82) is 0 Å². The van der Waals surface area contributed by atoms with Gasteiger partial charge in [0.05, 0.1) is 18.2 Å². The molecule has 3 heterocycles. The van der Waals surface area contributed by atoms with Crippen LogP contribution in [0, 0.1) is 0 Å². The van der Waals surface area contributed by atoms with Gasteiger partial charge in [-0.15, -0.1) is 0 Å². The molecule has 0 radical (unpaired) electrons. The average molecular weight is 408 g/mol. The fourth-order valence-electron chi connectivity index (χ4n) is 2.77. The third-order valence-electron chi connectivity index (χ3n) is 4.01. The number of nitrogens with two attached hydrogens (primary N) is 1. The van der Waals surface area contributed by atoms with Crippen LogP contribution in [-0.4, -0.2) is 27.0 Å². The van der Waals surface area contributed by atoms with Crippen LogP contribution in [0.2, 0.25) is 0 Å². The first kappa shape index (κ1) is 16.4. The SMILES string of the molecule is COc1ccc(-c2cc(-c3cccc(Br)c3)c3c(N)ncnc3n2)cn1.